The van der Waals surface area contributed by atoms with Crippen molar-refractivity contribution < 1.29 is 40.7 Å². The van der Waals surface area contributed by atoms with Crippen molar-refractivity contribution in [2.24, 2.45) is 0 Å². The molecule has 2 nitrogen and oxygen atoms in total. The molecule has 2 N–H and O–H groups in total. The van der Waals surface area contributed by atoms with Gasteiger partial charge in [0.1, 0.15) is 23.1 Å². The first-order valence-corrected chi connectivity index (χ1v) is 8.62. The van der Waals surface area contributed by atoms with Gasteiger partial charge in [0.25, 0.3) is 0 Å². The molecule has 0 spiro atoms. The Balaban J connectivity index is 0.000000529. The number of phenols is 2. The summed E-state index contributed by atoms with van der Waals surface area (Å²) in [6.45, 7) is 0. The van der Waals surface area contributed by atoms with E-state index in [0.29, 0.717) is 11.1 Å². The van der Waals surface area contributed by atoms with Crippen molar-refractivity contribution in [2.75, 3.05) is 0 Å². The van der Waals surface area contributed by atoms with Gasteiger partial charge in [-0.2, -0.15) is 0 Å². The molecule has 4 aromatic rings. The van der Waals surface area contributed by atoms with Crippen LogP contribution in [0.4, 0.5) is 8.78 Å². The Hall–Kier alpha value is -2.95. The largest absolute Gasteiger partial charge is 2.00 e. The number of aromatic hydroxyl groups is 2. The monoisotopic (exact) mass is 454 g/mol. The first-order valence-electron chi connectivity index (χ1n) is 8.62. The van der Waals surface area contributed by atoms with E-state index in [4.69, 9.17) is 0 Å². The number of halogens is 2. The molecular weight excluding hydrogens is 430 g/mol. The molecule has 4 aromatic carbocycles. The first kappa shape index (κ1) is 28.1. The summed E-state index contributed by atoms with van der Waals surface area (Å²) >= 11 is 0. The molecule has 0 amide bonds. The second kappa shape index (κ2) is 13.4. The van der Waals surface area contributed by atoms with Gasteiger partial charge in [-0.3, -0.25) is 0 Å². The maximum Gasteiger partial charge on any atom is 2.00 e. The number of rotatable bonds is 2. The van der Waals surface area contributed by atoms with Gasteiger partial charge in [0.05, 0.1) is 0 Å². The van der Waals surface area contributed by atoms with Gasteiger partial charge in [-0.05, 0) is 47.5 Å². The summed E-state index contributed by atoms with van der Waals surface area (Å²) in [6.07, 6.45) is 0. The predicted molar refractivity (Wildman–Crippen MR) is 120 cm³/mol. The minimum absolute atomic E-state index is 0. The van der Waals surface area contributed by atoms with Gasteiger partial charge in [-0.25, -0.2) is 8.78 Å². The minimum atomic E-state index is -0.346. The Kier molecular flexibility index (Phi) is 12.1. The van der Waals surface area contributed by atoms with Crippen molar-refractivity contribution in [1.82, 2.24) is 0 Å². The van der Waals surface area contributed by atoms with Crippen molar-refractivity contribution in [3.8, 4) is 33.8 Å². The normalized spacial score (nSPS) is 9.10. The Morgan fingerprint density at radius 3 is 1.13 bits per heavy atom. The molecule has 31 heavy (non-hydrogen) atoms. The van der Waals surface area contributed by atoms with Crippen LogP contribution >= 0.6 is 0 Å². The zero-order valence-corrected chi connectivity index (χ0v) is 18.9. The fourth-order valence-corrected chi connectivity index (χ4v) is 2.71. The molecule has 0 heterocycles. The molecular formula is C26H24F2O2Ti. The second-order valence-electron chi connectivity index (χ2n) is 6.05. The molecule has 5 heteroatoms. The number of hydrogen-bond acceptors (Lipinski definition) is 2. The van der Waals surface area contributed by atoms with Crippen LogP contribution < -0.4 is 0 Å². The Morgan fingerprint density at radius 1 is 0.484 bits per heavy atom. The summed E-state index contributed by atoms with van der Waals surface area (Å²) in [5, 5.41) is 19.0. The molecule has 0 aliphatic carbocycles. The second-order valence-corrected chi connectivity index (χ2v) is 6.05. The SMILES string of the molecule is Oc1ccc(F)cc1-c1ccccc1.Oc1ccc(F)cc1-c1ccccc1.[CH3-].[CH3-].[Ti+2]. The van der Waals surface area contributed by atoms with Crippen LogP contribution in [0.5, 0.6) is 11.5 Å². The third kappa shape index (κ3) is 7.67. The first-order chi connectivity index (χ1) is 13.5. The Bertz CT molecular complexity index is 968. The average Bonchev–Trinajstić information content (AvgIpc) is 2.73. The van der Waals surface area contributed by atoms with Crippen LogP contribution in [-0.4, -0.2) is 10.2 Å². The number of hydrogen-bond donors (Lipinski definition) is 2. The van der Waals surface area contributed by atoms with Crippen LogP contribution in [-0.2, 0) is 21.7 Å². The van der Waals surface area contributed by atoms with Gasteiger partial charge in [-0.15, -0.1) is 0 Å². The third-order valence-electron chi connectivity index (χ3n) is 4.09. The maximum absolute atomic E-state index is 12.9. The van der Waals surface area contributed by atoms with E-state index in [0.717, 1.165) is 11.1 Å². The fourth-order valence-electron chi connectivity index (χ4n) is 2.71. The molecule has 0 saturated carbocycles. The van der Waals surface area contributed by atoms with E-state index in [-0.39, 0.29) is 59.7 Å². The molecule has 0 saturated heterocycles. The molecule has 0 aromatic heterocycles. The van der Waals surface area contributed by atoms with Gasteiger partial charge in [0, 0.05) is 11.1 Å². The molecule has 0 radical (unpaired) electrons. The van der Waals surface area contributed by atoms with Gasteiger partial charge >= 0.3 is 21.7 Å². The number of benzene rings is 4. The zero-order chi connectivity index (χ0) is 19.9. The molecule has 158 valence electrons. The van der Waals surface area contributed by atoms with Gasteiger partial charge < -0.3 is 25.1 Å². The quantitative estimate of drug-likeness (QED) is 0.247. The van der Waals surface area contributed by atoms with Crippen molar-refractivity contribution >= 4 is 0 Å². The summed E-state index contributed by atoms with van der Waals surface area (Å²) in [6, 6.07) is 26.3. The maximum atomic E-state index is 12.9. The summed E-state index contributed by atoms with van der Waals surface area (Å²) in [4.78, 5) is 0. The van der Waals surface area contributed by atoms with Crippen LogP contribution in [0, 0.1) is 26.5 Å². The molecule has 0 aliphatic rings. The van der Waals surface area contributed by atoms with E-state index < -0.39 is 0 Å². The Labute approximate surface area is 197 Å². The van der Waals surface area contributed by atoms with Crippen LogP contribution in [0.2, 0.25) is 0 Å². The van der Waals surface area contributed by atoms with Crippen LogP contribution in [0.1, 0.15) is 0 Å². The van der Waals surface area contributed by atoms with E-state index >= 15 is 0 Å². The van der Waals surface area contributed by atoms with Gasteiger partial charge in [-0.1, -0.05) is 60.7 Å². The van der Waals surface area contributed by atoms with E-state index in [1.807, 2.05) is 60.7 Å². The summed E-state index contributed by atoms with van der Waals surface area (Å²) < 4.78 is 25.8. The number of phenolic OH excluding ortho intramolecular Hbond substituents is 2. The van der Waals surface area contributed by atoms with Crippen molar-refractivity contribution in [3.63, 3.8) is 0 Å². The molecule has 0 unspecified atom stereocenters. The minimum Gasteiger partial charge on any atom is -0.507 e. The molecule has 0 atom stereocenters. The van der Waals surface area contributed by atoms with Crippen LogP contribution in [0.15, 0.2) is 97.1 Å². The van der Waals surface area contributed by atoms with Gasteiger partial charge in [0.2, 0.25) is 0 Å². The smallest absolute Gasteiger partial charge is 0.507 e. The zero-order valence-electron chi connectivity index (χ0n) is 17.4. The van der Waals surface area contributed by atoms with E-state index in [1.54, 1.807) is 0 Å². The van der Waals surface area contributed by atoms with Crippen molar-refractivity contribution in [3.05, 3.63) is 124 Å². The molecule has 0 aliphatic heterocycles. The average molecular weight is 454 g/mol. The van der Waals surface area contributed by atoms with Crippen molar-refractivity contribution in [2.45, 2.75) is 0 Å². The standard InChI is InChI=1S/2C12H9FO.2CH3.Ti/c2*13-10-6-7-12(14)11(8-10)9-4-2-1-3-5-9;;;/h2*1-8,14H;2*1H3;/q;;2*-1;+2. The topological polar surface area (TPSA) is 40.5 Å². The molecule has 0 bridgehead atoms. The summed E-state index contributed by atoms with van der Waals surface area (Å²) in [5.41, 5.74) is 2.66. The third-order valence-corrected chi connectivity index (χ3v) is 4.09. The predicted octanol–water partition coefficient (Wildman–Crippen LogP) is 7.29. The van der Waals surface area contributed by atoms with Crippen LogP contribution in [0.3, 0.4) is 0 Å². The molecule has 0 fully saturated rings. The van der Waals surface area contributed by atoms with E-state index in [2.05, 4.69) is 0 Å². The summed E-state index contributed by atoms with van der Waals surface area (Å²) in [7, 11) is 0. The van der Waals surface area contributed by atoms with Crippen LogP contribution in [0.25, 0.3) is 22.3 Å². The van der Waals surface area contributed by atoms with Crippen molar-refractivity contribution in [1.29, 1.82) is 0 Å². The van der Waals surface area contributed by atoms with E-state index in [1.165, 1.54) is 36.4 Å². The fraction of sp³-hybridized carbons (Fsp3) is 0. The summed E-state index contributed by atoms with van der Waals surface area (Å²) in [5.74, 6) is -0.501. The van der Waals surface area contributed by atoms with E-state index in [9.17, 15) is 19.0 Å². The Morgan fingerprint density at radius 2 is 0.806 bits per heavy atom. The molecule has 4 rings (SSSR count). The van der Waals surface area contributed by atoms with Gasteiger partial charge in [0.15, 0.2) is 0 Å².